The molecule has 1 aromatic heterocycles. The number of hydrogen-bond donors (Lipinski definition) is 1. The first-order valence-electron chi connectivity index (χ1n) is 6.08. The molecule has 0 amide bonds. The highest BCUT2D eigenvalue weighted by Gasteiger charge is 2.52. The van der Waals surface area contributed by atoms with E-state index in [4.69, 9.17) is 5.73 Å². The fourth-order valence-corrected chi connectivity index (χ4v) is 3.04. The van der Waals surface area contributed by atoms with E-state index in [0.717, 1.165) is 31.4 Å². The maximum Gasteiger partial charge on any atom is 0.134 e. The van der Waals surface area contributed by atoms with Gasteiger partial charge in [-0.05, 0) is 43.2 Å². The summed E-state index contributed by atoms with van der Waals surface area (Å²) in [4.78, 5) is 4.37. The van der Waals surface area contributed by atoms with Gasteiger partial charge in [0.1, 0.15) is 5.67 Å². The van der Waals surface area contributed by atoms with Gasteiger partial charge in [0, 0.05) is 24.4 Å². The van der Waals surface area contributed by atoms with E-state index in [0.29, 0.717) is 0 Å². The number of hydrogen-bond acceptors (Lipinski definition) is 2. The van der Waals surface area contributed by atoms with Crippen LogP contribution in [-0.4, -0.2) is 17.2 Å². The molecule has 2 atom stereocenters. The third kappa shape index (κ3) is 1.38. The molecular weight excluding hydrogens is 203 g/mol. The van der Waals surface area contributed by atoms with Gasteiger partial charge in [-0.3, -0.25) is 4.98 Å². The van der Waals surface area contributed by atoms with Crippen LogP contribution in [0.5, 0.6) is 0 Å². The molecule has 16 heavy (non-hydrogen) atoms. The SMILES string of the molecule is NCC(F)(C1CC1)C1CCc2cccnc21. The van der Waals surface area contributed by atoms with Gasteiger partial charge in [0.25, 0.3) is 0 Å². The lowest BCUT2D eigenvalue weighted by Crippen LogP contribution is -2.41. The van der Waals surface area contributed by atoms with Crippen molar-refractivity contribution in [1.82, 2.24) is 4.98 Å². The number of alkyl halides is 1. The van der Waals surface area contributed by atoms with Crippen molar-refractivity contribution in [2.75, 3.05) is 6.54 Å². The average molecular weight is 220 g/mol. The van der Waals surface area contributed by atoms with Crippen LogP contribution < -0.4 is 5.73 Å². The van der Waals surface area contributed by atoms with E-state index in [1.807, 2.05) is 6.07 Å². The van der Waals surface area contributed by atoms with Crippen molar-refractivity contribution in [2.24, 2.45) is 11.7 Å². The van der Waals surface area contributed by atoms with Crippen LogP contribution in [0.1, 0.15) is 36.4 Å². The minimum Gasteiger partial charge on any atom is -0.327 e. The van der Waals surface area contributed by atoms with Crippen LogP contribution in [0.2, 0.25) is 0 Å². The molecule has 0 saturated heterocycles. The van der Waals surface area contributed by atoms with Crippen molar-refractivity contribution in [1.29, 1.82) is 0 Å². The molecule has 0 spiro atoms. The van der Waals surface area contributed by atoms with Crippen LogP contribution in [-0.2, 0) is 6.42 Å². The van der Waals surface area contributed by atoms with Gasteiger partial charge in [0.15, 0.2) is 0 Å². The molecule has 2 N–H and O–H groups in total. The molecule has 2 aliphatic rings. The number of nitrogens with two attached hydrogens (primary N) is 1. The molecule has 1 fully saturated rings. The summed E-state index contributed by atoms with van der Waals surface area (Å²) in [6.45, 7) is 0.137. The zero-order valence-corrected chi connectivity index (χ0v) is 9.32. The van der Waals surface area contributed by atoms with Gasteiger partial charge in [0.05, 0.1) is 0 Å². The molecule has 86 valence electrons. The smallest absolute Gasteiger partial charge is 0.134 e. The normalized spacial score (nSPS) is 27.5. The highest BCUT2D eigenvalue weighted by atomic mass is 19.1. The highest BCUT2D eigenvalue weighted by Crippen LogP contribution is 2.52. The molecule has 0 aliphatic heterocycles. The molecule has 0 aromatic carbocycles. The quantitative estimate of drug-likeness (QED) is 0.848. The Bertz CT molecular complexity index is 403. The van der Waals surface area contributed by atoms with E-state index >= 15 is 0 Å². The van der Waals surface area contributed by atoms with Gasteiger partial charge in [-0.25, -0.2) is 4.39 Å². The largest absolute Gasteiger partial charge is 0.327 e. The van der Waals surface area contributed by atoms with Crippen molar-refractivity contribution >= 4 is 0 Å². The third-order valence-electron chi connectivity index (χ3n) is 4.11. The van der Waals surface area contributed by atoms with E-state index in [-0.39, 0.29) is 18.4 Å². The Morgan fingerprint density at radius 2 is 2.25 bits per heavy atom. The number of aryl methyl sites for hydroxylation is 1. The topological polar surface area (TPSA) is 38.9 Å². The van der Waals surface area contributed by atoms with Crippen LogP contribution in [0, 0.1) is 5.92 Å². The minimum absolute atomic E-state index is 0.0683. The minimum atomic E-state index is -1.21. The van der Waals surface area contributed by atoms with E-state index in [1.165, 1.54) is 5.56 Å². The van der Waals surface area contributed by atoms with Gasteiger partial charge >= 0.3 is 0 Å². The summed E-state index contributed by atoms with van der Waals surface area (Å²) in [6.07, 6.45) is 5.57. The Hall–Kier alpha value is -0.960. The van der Waals surface area contributed by atoms with Gasteiger partial charge in [0.2, 0.25) is 0 Å². The second kappa shape index (κ2) is 3.52. The van der Waals surface area contributed by atoms with E-state index in [9.17, 15) is 4.39 Å². The van der Waals surface area contributed by atoms with Crippen molar-refractivity contribution in [3.63, 3.8) is 0 Å². The van der Waals surface area contributed by atoms with Gasteiger partial charge in [-0.2, -0.15) is 0 Å². The Kier molecular flexibility index (Phi) is 2.25. The van der Waals surface area contributed by atoms with Crippen molar-refractivity contribution < 1.29 is 4.39 Å². The summed E-state index contributed by atoms with van der Waals surface area (Å²) < 4.78 is 14.9. The number of nitrogens with zero attached hydrogens (tertiary/aromatic N) is 1. The molecule has 1 aromatic rings. The number of halogens is 1. The summed E-state index contributed by atoms with van der Waals surface area (Å²) >= 11 is 0. The molecular formula is C13H17FN2. The monoisotopic (exact) mass is 220 g/mol. The van der Waals surface area contributed by atoms with E-state index in [2.05, 4.69) is 11.1 Å². The summed E-state index contributed by atoms with van der Waals surface area (Å²) in [6, 6.07) is 3.99. The van der Waals surface area contributed by atoms with Crippen LogP contribution in [0.4, 0.5) is 4.39 Å². The summed E-state index contributed by atoms with van der Waals surface area (Å²) in [7, 11) is 0. The van der Waals surface area contributed by atoms with Crippen LogP contribution in [0.25, 0.3) is 0 Å². The third-order valence-corrected chi connectivity index (χ3v) is 4.11. The molecule has 3 rings (SSSR count). The second-order valence-corrected chi connectivity index (χ2v) is 5.04. The molecule has 0 radical (unpaired) electrons. The zero-order chi connectivity index (χ0) is 11.2. The second-order valence-electron chi connectivity index (χ2n) is 5.04. The lowest BCUT2D eigenvalue weighted by Gasteiger charge is -2.30. The Morgan fingerprint density at radius 3 is 2.94 bits per heavy atom. The average Bonchev–Trinajstić information content (AvgIpc) is 3.08. The molecule has 2 aliphatic carbocycles. The number of fused-ring (bicyclic) bond motifs is 1. The number of aromatic nitrogens is 1. The molecule has 1 heterocycles. The Balaban J connectivity index is 1.96. The maximum atomic E-state index is 14.9. The fourth-order valence-electron chi connectivity index (χ4n) is 3.04. The zero-order valence-electron chi connectivity index (χ0n) is 9.32. The number of rotatable bonds is 3. The fraction of sp³-hybridized carbons (Fsp3) is 0.615. The molecule has 2 unspecified atom stereocenters. The molecule has 2 nitrogen and oxygen atoms in total. The number of pyridine rings is 1. The van der Waals surface area contributed by atoms with Crippen LogP contribution >= 0.6 is 0 Å². The van der Waals surface area contributed by atoms with Gasteiger partial charge < -0.3 is 5.73 Å². The summed E-state index contributed by atoms with van der Waals surface area (Å²) in [5, 5.41) is 0. The highest BCUT2D eigenvalue weighted by molar-refractivity contribution is 5.32. The van der Waals surface area contributed by atoms with Crippen molar-refractivity contribution in [2.45, 2.75) is 37.3 Å². The Labute approximate surface area is 95.1 Å². The molecule has 0 bridgehead atoms. The molecule has 1 saturated carbocycles. The van der Waals surface area contributed by atoms with Gasteiger partial charge in [-0.15, -0.1) is 0 Å². The first kappa shape index (κ1) is 10.2. The predicted octanol–water partition coefficient (Wildman–Crippen LogP) is 2.19. The lowest BCUT2D eigenvalue weighted by molar-refractivity contribution is 0.102. The van der Waals surface area contributed by atoms with Crippen LogP contribution in [0.3, 0.4) is 0 Å². The van der Waals surface area contributed by atoms with E-state index < -0.39 is 5.67 Å². The predicted molar refractivity (Wildman–Crippen MR) is 60.9 cm³/mol. The van der Waals surface area contributed by atoms with Crippen molar-refractivity contribution in [3.8, 4) is 0 Å². The van der Waals surface area contributed by atoms with E-state index in [1.54, 1.807) is 6.20 Å². The lowest BCUT2D eigenvalue weighted by atomic mass is 9.83. The maximum absolute atomic E-state index is 14.9. The van der Waals surface area contributed by atoms with Crippen LogP contribution in [0.15, 0.2) is 18.3 Å². The Morgan fingerprint density at radius 1 is 1.44 bits per heavy atom. The summed E-state index contributed by atoms with van der Waals surface area (Å²) in [5.74, 6) is 0.108. The standard InChI is InChI=1S/C13H17FN2/c14-13(8-15,10-4-5-10)11-6-3-9-2-1-7-16-12(9)11/h1-2,7,10-11H,3-6,8,15H2. The summed E-state index contributed by atoms with van der Waals surface area (Å²) in [5.41, 5.74) is 6.65. The first-order chi connectivity index (χ1) is 7.75. The van der Waals surface area contributed by atoms with Crippen molar-refractivity contribution in [3.05, 3.63) is 29.6 Å². The molecule has 3 heteroatoms. The van der Waals surface area contributed by atoms with Gasteiger partial charge in [-0.1, -0.05) is 6.07 Å². The first-order valence-corrected chi connectivity index (χ1v) is 6.08.